The highest BCUT2D eigenvalue weighted by atomic mass is 35.5. The van der Waals surface area contributed by atoms with Crippen molar-refractivity contribution in [2.24, 2.45) is 5.73 Å². The number of nitrogens with zero attached hydrogens (tertiary/aromatic N) is 2. The van der Waals surface area contributed by atoms with Crippen LogP contribution in [0.2, 0.25) is 0 Å². The van der Waals surface area contributed by atoms with E-state index in [1.165, 1.54) is 16.4 Å². The van der Waals surface area contributed by atoms with Crippen LogP contribution >= 0.6 is 12.4 Å². The van der Waals surface area contributed by atoms with Crippen LogP contribution in [0.5, 0.6) is 0 Å². The van der Waals surface area contributed by atoms with E-state index in [2.05, 4.69) is 0 Å². The molecule has 1 fully saturated rings. The number of carbonyl (C=O) groups excluding carboxylic acids is 1. The smallest absolute Gasteiger partial charge is 0.253 e. The molecule has 0 atom stereocenters. The summed E-state index contributed by atoms with van der Waals surface area (Å²) in [5, 5.41) is 0. The third kappa shape index (κ3) is 6.15. The summed E-state index contributed by atoms with van der Waals surface area (Å²) in [5.74, 6) is -0.0839. The molecule has 0 aromatic heterocycles. The van der Waals surface area contributed by atoms with Crippen molar-refractivity contribution in [1.29, 1.82) is 0 Å². The van der Waals surface area contributed by atoms with Crippen molar-refractivity contribution in [3.63, 3.8) is 0 Å². The van der Waals surface area contributed by atoms with Crippen molar-refractivity contribution in [3.05, 3.63) is 29.8 Å². The number of halogens is 1. The van der Waals surface area contributed by atoms with Gasteiger partial charge in [0.15, 0.2) is 0 Å². The van der Waals surface area contributed by atoms with Crippen LogP contribution in [0.3, 0.4) is 0 Å². The number of benzene rings is 1. The lowest BCUT2D eigenvalue weighted by atomic mass is 10.1. The van der Waals surface area contributed by atoms with Gasteiger partial charge in [-0.05, 0) is 63.9 Å². The second kappa shape index (κ2) is 11.7. The van der Waals surface area contributed by atoms with Crippen molar-refractivity contribution in [3.8, 4) is 0 Å². The number of ether oxygens (including phenoxy) is 1. The molecule has 0 saturated carbocycles. The summed E-state index contributed by atoms with van der Waals surface area (Å²) in [6.45, 7) is 7.18. The van der Waals surface area contributed by atoms with Crippen LogP contribution in [0.1, 0.15) is 43.5 Å². The van der Waals surface area contributed by atoms with Gasteiger partial charge < -0.3 is 15.4 Å². The molecule has 1 aliphatic rings. The molecule has 1 heterocycles. The Balaban J connectivity index is 0.00000392. The Morgan fingerprint density at radius 1 is 1.18 bits per heavy atom. The molecule has 160 valence electrons. The molecule has 0 unspecified atom stereocenters. The van der Waals surface area contributed by atoms with Gasteiger partial charge in [-0.15, -0.1) is 12.4 Å². The molecule has 1 aromatic rings. The predicted molar refractivity (Wildman–Crippen MR) is 112 cm³/mol. The first-order chi connectivity index (χ1) is 12.9. The third-order valence-corrected chi connectivity index (χ3v) is 6.81. The Morgan fingerprint density at radius 3 is 2.25 bits per heavy atom. The minimum atomic E-state index is -3.55. The van der Waals surface area contributed by atoms with Gasteiger partial charge in [0.25, 0.3) is 5.91 Å². The molecule has 0 radical (unpaired) electrons. The number of rotatable bonds is 9. The van der Waals surface area contributed by atoms with Crippen molar-refractivity contribution >= 4 is 28.3 Å². The van der Waals surface area contributed by atoms with E-state index in [-0.39, 0.29) is 29.3 Å². The third-order valence-electron chi connectivity index (χ3n) is 4.89. The minimum Gasteiger partial charge on any atom is -0.378 e. The average molecular weight is 434 g/mol. The normalized spacial score (nSPS) is 15.8. The lowest BCUT2D eigenvalue weighted by Crippen LogP contribution is -2.41. The van der Waals surface area contributed by atoms with Gasteiger partial charge in [0.2, 0.25) is 10.0 Å². The molecule has 0 spiro atoms. The van der Waals surface area contributed by atoms with Gasteiger partial charge in [-0.1, -0.05) is 0 Å². The molecule has 28 heavy (non-hydrogen) atoms. The second-order valence-corrected chi connectivity index (χ2v) is 8.56. The van der Waals surface area contributed by atoms with Gasteiger partial charge in [-0.3, -0.25) is 4.79 Å². The lowest BCUT2D eigenvalue weighted by Gasteiger charge is -2.31. The zero-order chi connectivity index (χ0) is 19.9. The number of carbonyl (C=O) groups is 1. The molecule has 2 rings (SSSR count). The van der Waals surface area contributed by atoms with Crippen LogP contribution in [-0.2, 0) is 14.8 Å². The number of hydrogen-bond acceptors (Lipinski definition) is 5. The van der Waals surface area contributed by atoms with Gasteiger partial charge >= 0.3 is 0 Å². The van der Waals surface area contributed by atoms with Crippen molar-refractivity contribution < 1.29 is 17.9 Å². The number of amides is 1. The van der Waals surface area contributed by atoms with Crippen molar-refractivity contribution in [2.45, 2.75) is 44.1 Å². The highest BCUT2D eigenvalue weighted by Gasteiger charge is 2.29. The summed E-state index contributed by atoms with van der Waals surface area (Å²) in [4.78, 5) is 14.3. The van der Waals surface area contributed by atoms with Gasteiger partial charge in [0.1, 0.15) is 0 Å². The van der Waals surface area contributed by atoms with Crippen LogP contribution < -0.4 is 5.73 Å². The summed E-state index contributed by atoms with van der Waals surface area (Å²) < 4.78 is 32.9. The first-order valence-corrected chi connectivity index (χ1v) is 11.1. The molecule has 1 amide bonds. The standard InChI is InChI=1S/C19H31N3O4S.ClH/c1-3-21(4-2)19(23)16-6-8-18(9-7-16)27(24,25)22-13-10-17(11-14-22)26-15-5-12-20;/h6-9,17H,3-5,10-15,20H2,1-2H3;1H. The van der Waals surface area contributed by atoms with E-state index >= 15 is 0 Å². The summed E-state index contributed by atoms with van der Waals surface area (Å²) in [5.41, 5.74) is 5.96. The minimum absolute atomic E-state index is 0. The Morgan fingerprint density at radius 2 is 1.75 bits per heavy atom. The number of hydrogen-bond donors (Lipinski definition) is 1. The number of nitrogens with two attached hydrogens (primary N) is 1. The largest absolute Gasteiger partial charge is 0.378 e. The first kappa shape index (κ1) is 24.8. The molecule has 1 aliphatic heterocycles. The zero-order valence-electron chi connectivity index (χ0n) is 16.7. The van der Waals surface area contributed by atoms with Crippen LogP contribution in [0.15, 0.2) is 29.2 Å². The van der Waals surface area contributed by atoms with Crippen LogP contribution in [0, 0.1) is 0 Å². The molecule has 2 N–H and O–H groups in total. The summed E-state index contributed by atoms with van der Waals surface area (Å²) in [6.07, 6.45) is 2.28. The highest BCUT2D eigenvalue weighted by Crippen LogP contribution is 2.22. The number of piperidine rings is 1. The Hall–Kier alpha value is -1.19. The maximum absolute atomic E-state index is 12.9. The summed E-state index contributed by atoms with van der Waals surface area (Å²) in [6, 6.07) is 6.23. The van der Waals surface area contributed by atoms with Gasteiger partial charge in [-0.25, -0.2) is 8.42 Å². The molecule has 7 nitrogen and oxygen atoms in total. The topological polar surface area (TPSA) is 92.9 Å². The summed E-state index contributed by atoms with van der Waals surface area (Å²) >= 11 is 0. The van der Waals surface area contributed by atoms with Gasteiger partial charge in [-0.2, -0.15) is 4.31 Å². The van der Waals surface area contributed by atoms with E-state index < -0.39 is 10.0 Å². The van der Waals surface area contributed by atoms with E-state index in [0.717, 1.165) is 6.42 Å². The maximum atomic E-state index is 12.9. The van der Waals surface area contributed by atoms with E-state index in [4.69, 9.17) is 10.5 Å². The fourth-order valence-electron chi connectivity index (χ4n) is 3.18. The Labute approximate surface area is 174 Å². The van der Waals surface area contributed by atoms with E-state index in [1.807, 2.05) is 13.8 Å². The fraction of sp³-hybridized carbons (Fsp3) is 0.632. The molecule has 0 aliphatic carbocycles. The second-order valence-electron chi connectivity index (χ2n) is 6.62. The van der Waals surface area contributed by atoms with E-state index in [9.17, 15) is 13.2 Å². The fourth-order valence-corrected chi connectivity index (χ4v) is 4.65. The van der Waals surface area contributed by atoms with E-state index in [1.54, 1.807) is 17.0 Å². The van der Waals surface area contributed by atoms with Gasteiger partial charge in [0.05, 0.1) is 11.0 Å². The lowest BCUT2D eigenvalue weighted by molar-refractivity contribution is 0.0209. The Bertz CT molecular complexity index is 700. The maximum Gasteiger partial charge on any atom is 0.253 e. The molecule has 0 bridgehead atoms. The monoisotopic (exact) mass is 433 g/mol. The Kier molecular flexibility index (Phi) is 10.4. The van der Waals surface area contributed by atoms with Crippen LogP contribution in [-0.4, -0.2) is 69.0 Å². The molecular formula is C19H32ClN3O4S. The van der Waals surface area contributed by atoms with Crippen LogP contribution in [0.4, 0.5) is 0 Å². The SMILES string of the molecule is CCN(CC)C(=O)c1ccc(S(=O)(=O)N2CCC(OCCCN)CC2)cc1.Cl. The van der Waals surface area contributed by atoms with Gasteiger partial charge in [0, 0.05) is 38.3 Å². The van der Waals surface area contributed by atoms with Crippen molar-refractivity contribution in [2.75, 3.05) is 39.3 Å². The number of sulfonamides is 1. The molecule has 1 aromatic carbocycles. The predicted octanol–water partition coefficient (Wildman–Crippen LogP) is 2.11. The zero-order valence-corrected chi connectivity index (χ0v) is 18.3. The molecule has 9 heteroatoms. The average Bonchev–Trinajstić information content (AvgIpc) is 2.69. The first-order valence-electron chi connectivity index (χ1n) is 9.65. The molecule has 1 saturated heterocycles. The summed E-state index contributed by atoms with van der Waals surface area (Å²) in [7, 11) is -3.55. The highest BCUT2D eigenvalue weighted by molar-refractivity contribution is 7.89. The van der Waals surface area contributed by atoms with E-state index in [0.29, 0.717) is 57.7 Å². The quantitative estimate of drug-likeness (QED) is 0.602. The van der Waals surface area contributed by atoms with Crippen LogP contribution in [0.25, 0.3) is 0 Å². The van der Waals surface area contributed by atoms with Crippen molar-refractivity contribution in [1.82, 2.24) is 9.21 Å². The molecular weight excluding hydrogens is 402 g/mol.